The Bertz CT molecular complexity index is 246. The zero-order valence-corrected chi connectivity index (χ0v) is 15.5. The topological polar surface area (TPSA) is 30.2 Å². The SMILES string of the molecule is CCC(=O)c1c[c-]c(C)o1.CS.[Rf]. The van der Waals surface area contributed by atoms with Gasteiger partial charge in [-0.15, -0.1) is 0 Å². The van der Waals surface area contributed by atoms with Crippen molar-refractivity contribution in [1.29, 1.82) is 0 Å². The molecule has 0 aliphatic heterocycles. The summed E-state index contributed by atoms with van der Waals surface area (Å²) in [5.74, 6) is 1.11. The van der Waals surface area contributed by atoms with Crippen LogP contribution < -0.4 is 0 Å². The second-order valence-corrected chi connectivity index (χ2v) is 2.09. The maximum absolute atomic E-state index is 10.9. The van der Waals surface area contributed by atoms with Crippen LogP contribution in [0.1, 0.15) is 29.7 Å². The third-order valence-electron chi connectivity index (χ3n) is 1.27. The molecule has 1 rings (SSSR count). The van der Waals surface area contributed by atoms with E-state index >= 15 is 0 Å². The second-order valence-electron chi connectivity index (χ2n) is 2.09. The van der Waals surface area contributed by atoms with Gasteiger partial charge in [-0.2, -0.15) is 18.7 Å². The van der Waals surface area contributed by atoms with Crippen LogP contribution in [-0.2, 0) is 0 Å². The fourth-order valence-corrected chi connectivity index (χ4v) is 0.703. The summed E-state index contributed by atoms with van der Waals surface area (Å²) >= 11 is 3.53. The number of Topliss-reactive ketones (excluding diaryl/α,β-unsaturated/α-hetero) is 1. The smallest absolute Gasteiger partial charge is 0.116 e. The summed E-state index contributed by atoms with van der Waals surface area (Å²) in [5, 5.41) is 0. The van der Waals surface area contributed by atoms with E-state index < -0.39 is 0 Å². The fraction of sp³-hybridized carbons (Fsp3) is 0.444. The summed E-state index contributed by atoms with van der Waals surface area (Å²) in [7, 11) is 0. The van der Waals surface area contributed by atoms with Gasteiger partial charge in [0.1, 0.15) is 5.78 Å². The van der Waals surface area contributed by atoms with Crippen LogP contribution in [0, 0.1) is 13.0 Å². The van der Waals surface area contributed by atoms with Gasteiger partial charge in [-0.3, -0.25) is 0 Å². The molecule has 0 spiro atoms. The van der Waals surface area contributed by atoms with Crippen LogP contribution in [0.15, 0.2) is 10.5 Å². The summed E-state index contributed by atoms with van der Waals surface area (Å²) in [6.45, 7) is 3.58. The number of aryl methyl sites for hydroxylation is 1. The number of thiol groups is 1. The Balaban J connectivity index is 0. The van der Waals surface area contributed by atoms with Crippen molar-refractivity contribution < 1.29 is 9.21 Å². The van der Waals surface area contributed by atoms with E-state index in [1.54, 1.807) is 26.2 Å². The summed E-state index contributed by atoms with van der Waals surface area (Å²) in [6.07, 6.45) is 2.18. The maximum atomic E-state index is 10.9. The monoisotopic (exact) mass is 452 g/mol. The number of hydrogen-bond donors (Lipinski definition) is 1. The van der Waals surface area contributed by atoms with Gasteiger partial charge in [0, 0.05) is 5.76 Å². The minimum Gasteiger partial charge on any atom is -0.563 e. The third kappa shape index (κ3) is 4.01. The van der Waals surface area contributed by atoms with Crippen molar-refractivity contribution in [2.45, 2.75) is 20.3 Å². The van der Waals surface area contributed by atoms with Crippen LogP contribution in [0.25, 0.3) is 0 Å². The molecule has 13 heavy (non-hydrogen) atoms. The van der Waals surface area contributed by atoms with Crippen molar-refractivity contribution in [2.24, 2.45) is 0 Å². The fourth-order valence-electron chi connectivity index (χ4n) is 0.703. The average molecular weight is 452 g/mol. The zero-order valence-electron chi connectivity index (χ0n) is 8.26. The molecule has 0 aliphatic rings. The molecule has 1 heterocycles. The molecule has 0 fully saturated rings. The van der Waals surface area contributed by atoms with E-state index in [1.807, 2.05) is 0 Å². The second kappa shape index (κ2) is 6.98. The van der Waals surface area contributed by atoms with Crippen molar-refractivity contribution in [2.75, 3.05) is 6.26 Å². The molecule has 0 bridgehead atoms. The van der Waals surface area contributed by atoms with Crippen LogP contribution in [0.5, 0.6) is 0 Å². The van der Waals surface area contributed by atoms with Crippen LogP contribution in [-0.4, -0.2) is 12.0 Å². The average Bonchev–Trinajstić information content (AvgIpc) is 2.54. The minimum absolute atomic E-state index is 0. The van der Waals surface area contributed by atoms with E-state index in [-0.39, 0.29) is 5.78 Å². The van der Waals surface area contributed by atoms with Crippen LogP contribution in [0.3, 0.4) is 0 Å². The zero-order chi connectivity index (χ0) is 9.56. The van der Waals surface area contributed by atoms with Gasteiger partial charge >= 0.3 is 0 Å². The summed E-state index contributed by atoms with van der Waals surface area (Å²) < 4.78 is 5.03. The van der Waals surface area contributed by atoms with Gasteiger partial charge in [0.05, 0.1) is 0 Å². The van der Waals surface area contributed by atoms with Crippen LogP contribution >= 0.6 is 12.6 Å². The van der Waals surface area contributed by atoms with Crippen LogP contribution in [0.4, 0.5) is 0 Å². The Morgan fingerprint density at radius 2 is 2.15 bits per heavy atom. The van der Waals surface area contributed by atoms with Crippen molar-refractivity contribution >= 4 is 18.4 Å². The number of ketones is 1. The Hall–Kier alpha value is -1.70. The standard InChI is InChI=1S/C8H9O2.CH4S.Rf/c1-3-7(9)8-5-4-6(2)10-8;1-2;/h5H,3H2,1-2H3;2H,1H3;/q-1;;. The van der Waals surface area contributed by atoms with Crippen molar-refractivity contribution in [3.63, 3.8) is 0 Å². The van der Waals surface area contributed by atoms with E-state index in [0.29, 0.717) is 17.9 Å². The van der Waals surface area contributed by atoms with Crippen molar-refractivity contribution in [1.82, 2.24) is 0 Å². The van der Waals surface area contributed by atoms with Crippen LogP contribution in [0.2, 0.25) is 0 Å². The summed E-state index contributed by atoms with van der Waals surface area (Å²) in [4.78, 5) is 10.9. The van der Waals surface area contributed by atoms with E-state index in [4.69, 9.17) is 4.42 Å². The van der Waals surface area contributed by atoms with Gasteiger partial charge in [0.2, 0.25) is 0 Å². The summed E-state index contributed by atoms with van der Waals surface area (Å²) in [6, 6.07) is 4.38. The Morgan fingerprint density at radius 3 is 2.46 bits per heavy atom. The number of carbonyl (C=O) groups is 1. The molecule has 0 saturated carbocycles. The van der Waals surface area contributed by atoms with Gasteiger partial charge in [0.15, 0.2) is 0 Å². The molecule has 0 amide bonds. The van der Waals surface area contributed by atoms with Gasteiger partial charge in [-0.1, -0.05) is 6.92 Å². The van der Waals surface area contributed by atoms with E-state index in [2.05, 4.69) is 18.7 Å². The molecule has 0 aliphatic carbocycles. The van der Waals surface area contributed by atoms with Gasteiger partial charge in [0.25, 0.3) is 0 Å². The van der Waals surface area contributed by atoms with E-state index in [9.17, 15) is 4.79 Å². The minimum atomic E-state index is 0. The first-order valence-corrected chi connectivity index (χ1v) is 4.59. The maximum Gasteiger partial charge on any atom is 0.116 e. The molecule has 1 aromatic heterocycles. The van der Waals surface area contributed by atoms with Crippen molar-refractivity contribution in [3.05, 3.63) is 23.7 Å². The molecule has 0 saturated heterocycles. The van der Waals surface area contributed by atoms with E-state index in [1.165, 1.54) is 0 Å². The molecule has 4 heteroatoms. The molecular formula is C9H13O2RfS-. The van der Waals surface area contributed by atoms with E-state index in [0.717, 1.165) is 0 Å². The molecule has 1 aromatic rings. The largest absolute Gasteiger partial charge is 0.563 e. The Labute approximate surface area is 78.4 Å². The molecule has 0 unspecified atom stereocenters. The molecule has 70 valence electrons. The van der Waals surface area contributed by atoms with Gasteiger partial charge < -0.3 is 9.21 Å². The quantitative estimate of drug-likeness (QED) is 0.425. The number of hydrogen-bond acceptors (Lipinski definition) is 3. The first kappa shape index (κ1) is 13.9. The predicted molar refractivity (Wildman–Crippen MR) is 51.8 cm³/mol. The third-order valence-corrected chi connectivity index (χ3v) is 1.27. The molecular weight excluding hydrogens is 439 g/mol. The first-order valence-electron chi connectivity index (χ1n) is 3.70. The number of rotatable bonds is 2. The van der Waals surface area contributed by atoms with Gasteiger partial charge in [-0.25, -0.2) is 6.07 Å². The normalized spacial score (nSPS) is 8.00. The van der Waals surface area contributed by atoms with Gasteiger partial charge in [-0.05, 0) is 25.4 Å². The molecule has 0 aromatic carbocycles. The molecule has 0 atom stereocenters. The van der Waals surface area contributed by atoms with Crippen molar-refractivity contribution in [3.8, 4) is 0 Å². The molecule has 0 radical (unpaired) electrons. The first-order chi connectivity index (χ1) is 5.74. The Kier molecular flexibility index (Phi) is 7.44. The number of carbonyl (C=O) groups excluding carboxylic acids is 1. The summed E-state index contributed by atoms with van der Waals surface area (Å²) in [5.41, 5.74) is 0. The molecule has 2 nitrogen and oxygen atoms in total. The molecule has 0 N–H and O–H groups in total. The number of furan rings is 1. The predicted octanol–water partition coefficient (Wildman–Crippen LogP) is 2.53. The Morgan fingerprint density at radius 1 is 1.62 bits per heavy atom.